The molecule has 1 unspecified atom stereocenters. The number of thiophene rings is 1. The number of halogens is 3. The molecule has 0 saturated carbocycles. The molecule has 0 spiro atoms. The molecule has 5 heteroatoms. The van der Waals surface area contributed by atoms with Crippen LogP contribution in [0.15, 0.2) is 28.1 Å². The van der Waals surface area contributed by atoms with Crippen LogP contribution in [-0.4, -0.2) is 5.11 Å². The molecule has 2 rings (SSSR count). The van der Waals surface area contributed by atoms with Crippen molar-refractivity contribution in [3.05, 3.63) is 54.9 Å². The first-order chi connectivity index (χ1) is 7.99. The highest BCUT2D eigenvalue weighted by Gasteiger charge is 2.18. The van der Waals surface area contributed by atoms with Crippen molar-refractivity contribution < 1.29 is 9.50 Å². The molecule has 1 aromatic heterocycles. The lowest BCUT2D eigenvalue weighted by atomic mass is 10.1. The van der Waals surface area contributed by atoms with E-state index in [9.17, 15) is 9.50 Å². The van der Waals surface area contributed by atoms with E-state index in [0.717, 1.165) is 9.35 Å². The van der Waals surface area contributed by atoms with E-state index >= 15 is 0 Å². The average Bonchev–Trinajstić information content (AvgIpc) is 2.58. The van der Waals surface area contributed by atoms with Crippen molar-refractivity contribution in [2.45, 2.75) is 13.0 Å². The highest BCUT2D eigenvalue weighted by molar-refractivity contribution is 9.11. The van der Waals surface area contributed by atoms with Crippen LogP contribution < -0.4 is 0 Å². The quantitative estimate of drug-likeness (QED) is 0.844. The van der Waals surface area contributed by atoms with Crippen molar-refractivity contribution in [1.29, 1.82) is 0 Å². The number of benzene rings is 1. The molecule has 1 aromatic carbocycles. The molecule has 0 aliphatic rings. The summed E-state index contributed by atoms with van der Waals surface area (Å²) in [5.74, 6) is -0.404. The van der Waals surface area contributed by atoms with Crippen molar-refractivity contribution in [3.8, 4) is 0 Å². The van der Waals surface area contributed by atoms with Crippen LogP contribution >= 0.6 is 38.9 Å². The minimum absolute atomic E-state index is 0.265. The van der Waals surface area contributed by atoms with Gasteiger partial charge in [-0.05, 0) is 40.5 Å². The fourth-order valence-electron chi connectivity index (χ4n) is 1.51. The maximum Gasteiger partial charge on any atom is 0.129 e. The summed E-state index contributed by atoms with van der Waals surface area (Å²) in [4.78, 5) is 0.615. The molecule has 1 heterocycles. The van der Waals surface area contributed by atoms with Crippen LogP contribution in [0.4, 0.5) is 4.39 Å². The number of hydrogen-bond acceptors (Lipinski definition) is 2. The van der Waals surface area contributed by atoms with Crippen molar-refractivity contribution in [2.24, 2.45) is 0 Å². The number of aliphatic hydroxyl groups excluding tert-OH is 1. The summed E-state index contributed by atoms with van der Waals surface area (Å²) in [5, 5.41) is 10.6. The minimum Gasteiger partial charge on any atom is -0.383 e. The van der Waals surface area contributed by atoms with E-state index < -0.39 is 11.9 Å². The summed E-state index contributed by atoms with van der Waals surface area (Å²) in [6, 6.07) is 6.41. The van der Waals surface area contributed by atoms with E-state index in [0.29, 0.717) is 9.90 Å². The third kappa shape index (κ3) is 2.71. The smallest absolute Gasteiger partial charge is 0.129 e. The van der Waals surface area contributed by atoms with Crippen LogP contribution in [0.5, 0.6) is 0 Å². The topological polar surface area (TPSA) is 20.2 Å². The van der Waals surface area contributed by atoms with Gasteiger partial charge in [-0.2, -0.15) is 0 Å². The Bertz CT molecular complexity index is 536. The molecule has 1 N–H and O–H groups in total. The summed E-state index contributed by atoms with van der Waals surface area (Å²) < 4.78 is 14.4. The molecule has 0 bridgehead atoms. The Balaban J connectivity index is 2.39. The van der Waals surface area contributed by atoms with Gasteiger partial charge in [0.25, 0.3) is 0 Å². The van der Waals surface area contributed by atoms with Gasteiger partial charge >= 0.3 is 0 Å². The molecule has 0 radical (unpaired) electrons. The van der Waals surface area contributed by atoms with Crippen LogP contribution in [0.2, 0.25) is 5.02 Å². The second kappa shape index (κ2) is 5.06. The largest absolute Gasteiger partial charge is 0.383 e. The average molecular weight is 336 g/mol. The minimum atomic E-state index is -0.982. The van der Waals surface area contributed by atoms with Gasteiger partial charge in [0, 0.05) is 10.4 Å². The number of hydrogen-bond donors (Lipinski definition) is 1. The second-order valence-corrected chi connectivity index (χ2v) is 6.51. The summed E-state index contributed by atoms with van der Waals surface area (Å²) in [5.41, 5.74) is 1.09. The molecule has 0 aliphatic heterocycles. The molecule has 0 fully saturated rings. The molecule has 1 nitrogen and oxygen atoms in total. The van der Waals surface area contributed by atoms with Gasteiger partial charge in [0.15, 0.2) is 0 Å². The van der Waals surface area contributed by atoms with Gasteiger partial charge in [-0.15, -0.1) is 11.3 Å². The monoisotopic (exact) mass is 334 g/mol. The van der Waals surface area contributed by atoms with E-state index in [-0.39, 0.29) is 5.56 Å². The maximum absolute atomic E-state index is 13.7. The van der Waals surface area contributed by atoms with Crippen LogP contribution in [0, 0.1) is 12.7 Å². The third-order valence-electron chi connectivity index (χ3n) is 2.38. The van der Waals surface area contributed by atoms with Crippen molar-refractivity contribution in [2.75, 3.05) is 0 Å². The zero-order valence-corrected chi connectivity index (χ0v) is 12.0. The Labute approximate surface area is 116 Å². The first-order valence-electron chi connectivity index (χ1n) is 4.88. The highest BCUT2D eigenvalue weighted by atomic mass is 79.9. The van der Waals surface area contributed by atoms with Crippen molar-refractivity contribution in [1.82, 2.24) is 0 Å². The fraction of sp³-hybridized carbons (Fsp3) is 0.167. The van der Waals surface area contributed by atoms with Gasteiger partial charge < -0.3 is 5.11 Å². The zero-order valence-electron chi connectivity index (χ0n) is 8.88. The Morgan fingerprint density at radius 1 is 1.41 bits per heavy atom. The van der Waals surface area contributed by atoms with Crippen LogP contribution in [-0.2, 0) is 0 Å². The Hall–Kier alpha value is -0.420. The van der Waals surface area contributed by atoms with Crippen molar-refractivity contribution in [3.63, 3.8) is 0 Å². The first kappa shape index (κ1) is 13.0. The zero-order chi connectivity index (χ0) is 12.6. The molecular weight excluding hydrogens is 327 g/mol. The van der Waals surface area contributed by atoms with E-state index in [1.165, 1.54) is 17.4 Å². The molecule has 1 atom stereocenters. The fourth-order valence-corrected chi connectivity index (χ4v) is 3.26. The maximum atomic E-state index is 13.7. The van der Waals surface area contributed by atoms with Gasteiger partial charge in [0.2, 0.25) is 0 Å². The predicted octanol–water partition coefficient (Wildman–Crippen LogP) is 4.69. The molecule has 0 amide bonds. The van der Waals surface area contributed by atoms with Gasteiger partial charge in [-0.25, -0.2) is 4.39 Å². The molecule has 17 heavy (non-hydrogen) atoms. The highest BCUT2D eigenvalue weighted by Crippen LogP contribution is 2.37. The normalized spacial score (nSPS) is 12.8. The first-order valence-corrected chi connectivity index (χ1v) is 6.86. The van der Waals surface area contributed by atoms with E-state index in [4.69, 9.17) is 11.6 Å². The lowest BCUT2D eigenvalue weighted by molar-refractivity contribution is 0.218. The number of aliphatic hydroxyl groups is 1. The van der Waals surface area contributed by atoms with Gasteiger partial charge in [0.05, 0.1) is 8.81 Å². The van der Waals surface area contributed by atoms with E-state index in [1.807, 2.05) is 0 Å². The molecule has 0 saturated heterocycles. The van der Waals surface area contributed by atoms with Crippen LogP contribution in [0.3, 0.4) is 0 Å². The Morgan fingerprint density at radius 3 is 2.65 bits per heavy atom. The lowest BCUT2D eigenvalue weighted by Crippen LogP contribution is -2.00. The number of aryl methyl sites for hydroxylation is 1. The van der Waals surface area contributed by atoms with Gasteiger partial charge in [-0.3, -0.25) is 0 Å². The number of rotatable bonds is 2. The third-order valence-corrected chi connectivity index (χ3v) is 4.91. The summed E-state index contributed by atoms with van der Waals surface area (Å²) in [7, 11) is 0. The van der Waals surface area contributed by atoms with Crippen molar-refractivity contribution >= 4 is 38.9 Å². The molecule has 90 valence electrons. The Morgan fingerprint density at radius 2 is 2.12 bits per heavy atom. The Kier molecular flexibility index (Phi) is 3.88. The van der Waals surface area contributed by atoms with Crippen LogP contribution in [0.25, 0.3) is 0 Å². The molecule has 0 aliphatic carbocycles. The van der Waals surface area contributed by atoms with Crippen LogP contribution in [0.1, 0.15) is 22.1 Å². The SMILES string of the molecule is Cc1ccc(C(O)c2cc(Cl)c(Br)s2)c(F)c1. The summed E-state index contributed by atoms with van der Waals surface area (Å²) >= 11 is 10.5. The molecular formula is C12H9BrClFOS. The van der Waals surface area contributed by atoms with Gasteiger partial charge in [0.1, 0.15) is 11.9 Å². The standard InChI is InChI=1S/C12H9BrClFOS/c1-6-2-3-7(9(15)4-6)11(16)10-5-8(14)12(13)17-10/h2-5,11,16H,1H3. The van der Waals surface area contributed by atoms with E-state index in [2.05, 4.69) is 15.9 Å². The van der Waals surface area contributed by atoms with E-state index in [1.54, 1.807) is 25.1 Å². The molecule has 2 aromatic rings. The lowest BCUT2D eigenvalue weighted by Gasteiger charge is -2.10. The predicted molar refractivity (Wildman–Crippen MR) is 72.2 cm³/mol. The van der Waals surface area contributed by atoms with Gasteiger partial charge in [-0.1, -0.05) is 23.7 Å². The summed E-state index contributed by atoms with van der Waals surface area (Å²) in [6.07, 6.45) is -0.982. The second-order valence-electron chi connectivity index (χ2n) is 3.70. The summed E-state index contributed by atoms with van der Waals surface area (Å²) in [6.45, 7) is 1.80.